The Bertz CT molecular complexity index is 1240. The maximum absolute atomic E-state index is 13.5. The third-order valence-corrected chi connectivity index (χ3v) is 6.01. The zero-order chi connectivity index (χ0) is 23.3. The molecule has 3 atom stereocenters. The van der Waals surface area contributed by atoms with Gasteiger partial charge in [0.15, 0.2) is 6.10 Å². The number of nitrogens with zero attached hydrogens (tertiary/aromatic N) is 2. The van der Waals surface area contributed by atoms with Gasteiger partial charge in [-0.3, -0.25) is 14.4 Å². The van der Waals surface area contributed by atoms with Gasteiger partial charge in [0, 0.05) is 0 Å². The predicted molar refractivity (Wildman–Crippen MR) is 119 cm³/mol. The van der Waals surface area contributed by atoms with Gasteiger partial charge in [-0.2, -0.15) is 0 Å². The lowest BCUT2D eigenvalue weighted by Gasteiger charge is -2.29. The fourth-order valence-corrected chi connectivity index (χ4v) is 4.35. The number of phenolic OH excluding ortho intramolecular Hbond substituents is 1. The molecule has 33 heavy (non-hydrogen) atoms. The average Bonchev–Trinajstić information content (AvgIpc) is 3.31. The fraction of sp³-hybridized carbons (Fsp3) is 0.160. The quantitative estimate of drug-likeness (QED) is 0.594. The first kappa shape index (κ1) is 20.7. The molecule has 0 saturated carbocycles. The van der Waals surface area contributed by atoms with E-state index in [1.54, 1.807) is 17.2 Å². The van der Waals surface area contributed by atoms with Crippen LogP contribution in [0.1, 0.15) is 27.5 Å². The highest BCUT2D eigenvalue weighted by atomic mass is 16.7. The number of aromatic carboxylic acids is 1. The topological polar surface area (TPSA) is 107 Å². The minimum absolute atomic E-state index is 0.0572. The number of hydrogen-bond donors (Lipinski definition) is 2. The lowest BCUT2D eigenvalue weighted by Crippen LogP contribution is -2.37. The van der Waals surface area contributed by atoms with E-state index < -0.39 is 35.8 Å². The molecule has 0 aromatic heterocycles. The smallest absolute Gasteiger partial charge is 0.335 e. The second-order valence-electron chi connectivity index (χ2n) is 8.11. The zero-order valence-electron chi connectivity index (χ0n) is 17.6. The Hall–Kier alpha value is -4.17. The molecule has 5 rings (SSSR count). The highest BCUT2D eigenvalue weighted by Gasteiger charge is 2.60. The lowest BCUT2D eigenvalue weighted by atomic mass is 9.90. The van der Waals surface area contributed by atoms with Crippen molar-refractivity contribution in [1.29, 1.82) is 0 Å². The molecular formula is C25H20N2O6. The number of carboxylic acids is 1. The van der Waals surface area contributed by atoms with Crippen LogP contribution in [0.3, 0.4) is 0 Å². The van der Waals surface area contributed by atoms with Crippen molar-refractivity contribution in [3.8, 4) is 5.75 Å². The van der Waals surface area contributed by atoms with Gasteiger partial charge in [-0.05, 0) is 61.0 Å². The van der Waals surface area contributed by atoms with Gasteiger partial charge < -0.3 is 10.2 Å². The number of aryl methyl sites for hydroxylation is 1. The van der Waals surface area contributed by atoms with Crippen LogP contribution < -0.4 is 9.96 Å². The van der Waals surface area contributed by atoms with Crippen LogP contribution in [0.4, 0.5) is 11.4 Å². The summed E-state index contributed by atoms with van der Waals surface area (Å²) in [7, 11) is 0. The Labute approximate surface area is 189 Å². The molecule has 8 nitrogen and oxygen atoms in total. The summed E-state index contributed by atoms with van der Waals surface area (Å²) in [6.45, 7) is 1.96. The normalized spacial score (nSPS) is 22.0. The van der Waals surface area contributed by atoms with Crippen LogP contribution in [0.5, 0.6) is 5.75 Å². The van der Waals surface area contributed by atoms with Crippen molar-refractivity contribution in [3.63, 3.8) is 0 Å². The number of rotatable bonds is 4. The second-order valence-corrected chi connectivity index (χ2v) is 8.11. The molecule has 166 valence electrons. The molecule has 0 spiro atoms. The third kappa shape index (κ3) is 3.41. The Morgan fingerprint density at radius 1 is 0.848 bits per heavy atom. The number of fused-ring (bicyclic) bond motifs is 1. The summed E-state index contributed by atoms with van der Waals surface area (Å²) in [4.78, 5) is 45.1. The summed E-state index contributed by atoms with van der Waals surface area (Å²) in [6.07, 6.45) is -1.03. The van der Waals surface area contributed by atoms with Gasteiger partial charge >= 0.3 is 5.97 Å². The van der Waals surface area contributed by atoms with E-state index in [1.807, 2.05) is 31.2 Å². The van der Waals surface area contributed by atoms with Gasteiger partial charge in [-0.15, -0.1) is 0 Å². The molecule has 3 aromatic carbocycles. The van der Waals surface area contributed by atoms with Crippen LogP contribution in [0.15, 0.2) is 72.8 Å². The molecule has 3 aromatic rings. The maximum atomic E-state index is 13.5. The van der Waals surface area contributed by atoms with Crippen molar-refractivity contribution in [1.82, 2.24) is 0 Å². The van der Waals surface area contributed by atoms with E-state index in [4.69, 9.17) is 9.94 Å². The zero-order valence-corrected chi connectivity index (χ0v) is 17.6. The van der Waals surface area contributed by atoms with Crippen molar-refractivity contribution >= 4 is 29.2 Å². The summed E-state index contributed by atoms with van der Waals surface area (Å²) < 4.78 is 0. The molecule has 0 unspecified atom stereocenters. The van der Waals surface area contributed by atoms with Crippen molar-refractivity contribution in [2.45, 2.75) is 19.1 Å². The van der Waals surface area contributed by atoms with E-state index in [1.165, 1.54) is 36.4 Å². The molecule has 2 saturated heterocycles. The summed E-state index contributed by atoms with van der Waals surface area (Å²) in [6, 6.07) is 19.0. The van der Waals surface area contributed by atoms with Crippen LogP contribution in [-0.4, -0.2) is 34.1 Å². The Balaban J connectivity index is 1.55. The van der Waals surface area contributed by atoms with Crippen LogP contribution in [0.2, 0.25) is 0 Å². The van der Waals surface area contributed by atoms with Crippen molar-refractivity contribution in [3.05, 3.63) is 89.5 Å². The van der Waals surface area contributed by atoms with Crippen molar-refractivity contribution in [2.75, 3.05) is 9.96 Å². The fourth-order valence-electron chi connectivity index (χ4n) is 4.35. The summed E-state index contributed by atoms with van der Waals surface area (Å²) in [5, 5.41) is 20.4. The largest absolute Gasteiger partial charge is 0.508 e. The van der Waals surface area contributed by atoms with Crippen molar-refractivity contribution in [2.24, 2.45) is 5.92 Å². The summed E-state index contributed by atoms with van der Waals surface area (Å²) in [5.74, 6) is -2.76. The Morgan fingerprint density at radius 3 is 2.06 bits per heavy atom. The second kappa shape index (κ2) is 7.75. The molecule has 0 radical (unpaired) electrons. The standard InChI is InChI=1S/C25H20N2O6/c1-14-2-8-18(9-3-14)27-21(15-6-12-19(28)13-7-15)20-22(33-27)24(30)26(23(20)29)17-10-4-16(5-11-17)25(31)32/h2-13,20-22,28H,1H3,(H,31,32)/t20-,21-,22+/m0/s1. The summed E-state index contributed by atoms with van der Waals surface area (Å²) in [5.41, 5.74) is 2.82. The van der Waals surface area contributed by atoms with Crippen molar-refractivity contribution < 1.29 is 29.4 Å². The third-order valence-electron chi connectivity index (χ3n) is 6.01. The first-order valence-corrected chi connectivity index (χ1v) is 10.4. The number of carbonyl (C=O) groups is 3. The van der Waals surface area contributed by atoms with Gasteiger partial charge in [0.25, 0.3) is 5.91 Å². The van der Waals surface area contributed by atoms with Crippen LogP contribution >= 0.6 is 0 Å². The number of hydroxylamine groups is 1. The Kier molecular flexibility index (Phi) is 4.87. The Morgan fingerprint density at radius 2 is 1.45 bits per heavy atom. The molecule has 8 heteroatoms. The predicted octanol–water partition coefficient (Wildman–Crippen LogP) is 3.45. The first-order chi connectivity index (χ1) is 15.8. The number of amides is 2. The molecule has 2 heterocycles. The van der Waals surface area contributed by atoms with Gasteiger partial charge in [-0.1, -0.05) is 29.8 Å². The molecule has 2 fully saturated rings. The number of benzene rings is 3. The molecule has 2 N–H and O–H groups in total. The van der Waals surface area contributed by atoms with Gasteiger partial charge in [0.2, 0.25) is 5.91 Å². The molecule has 0 bridgehead atoms. The summed E-state index contributed by atoms with van der Waals surface area (Å²) >= 11 is 0. The number of carboxylic acid groups (broad SMARTS) is 1. The SMILES string of the molecule is Cc1ccc(N2O[C@H]3C(=O)N(c4ccc(C(=O)O)cc4)C(=O)[C@H]3[C@@H]2c2ccc(O)cc2)cc1. The number of anilines is 2. The lowest BCUT2D eigenvalue weighted by molar-refractivity contribution is -0.126. The molecule has 2 aliphatic heterocycles. The van der Waals surface area contributed by atoms with E-state index in [9.17, 15) is 19.5 Å². The highest BCUT2D eigenvalue weighted by Crippen LogP contribution is 2.47. The highest BCUT2D eigenvalue weighted by molar-refractivity contribution is 6.24. The molecule has 2 amide bonds. The molecule has 2 aliphatic rings. The van der Waals surface area contributed by atoms with E-state index in [2.05, 4.69) is 0 Å². The minimum Gasteiger partial charge on any atom is -0.508 e. The minimum atomic E-state index is -1.10. The van der Waals surface area contributed by atoms with E-state index in [-0.39, 0.29) is 11.3 Å². The van der Waals surface area contributed by atoms with Gasteiger partial charge in [0.05, 0.1) is 23.0 Å². The maximum Gasteiger partial charge on any atom is 0.335 e. The van der Waals surface area contributed by atoms with E-state index >= 15 is 0 Å². The average molecular weight is 444 g/mol. The van der Waals surface area contributed by atoms with Gasteiger partial charge in [-0.25, -0.2) is 14.8 Å². The van der Waals surface area contributed by atoms with Crippen LogP contribution in [0, 0.1) is 12.8 Å². The number of phenols is 1. The van der Waals surface area contributed by atoms with Gasteiger partial charge in [0.1, 0.15) is 11.7 Å². The molecule has 0 aliphatic carbocycles. The van der Waals surface area contributed by atoms with Crippen LogP contribution in [-0.2, 0) is 14.4 Å². The first-order valence-electron chi connectivity index (χ1n) is 10.4. The van der Waals surface area contributed by atoms with E-state index in [0.29, 0.717) is 16.9 Å². The van der Waals surface area contributed by atoms with E-state index in [0.717, 1.165) is 10.5 Å². The number of aromatic hydroxyl groups is 1. The number of hydrogen-bond acceptors (Lipinski definition) is 6. The number of carbonyl (C=O) groups excluding carboxylic acids is 2. The van der Waals surface area contributed by atoms with Crippen LogP contribution in [0.25, 0.3) is 0 Å². The molecular weight excluding hydrogens is 424 g/mol. The number of imide groups is 1. The monoisotopic (exact) mass is 444 g/mol.